The van der Waals surface area contributed by atoms with Gasteiger partial charge in [-0.2, -0.15) is 0 Å². The van der Waals surface area contributed by atoms with E-state index in [9.17, 15) is 19.2 Å². The second kappa shape index (κ2) is 18.8. The third-order valence-electron chi connectivity index (χ3n) is 6.84. The molecule has 0 aliphatic rings. The second-order valence-corrected chi connectivity index (χ2v) is 11.4. The molecule has 0 saturated heterocycles. The third kappa shape index (κ3) is 12.5. The summed E-state index contributed by atoms with van der Waals surface area (Å²) in [5, 5.41) is 5.58. The lowest BCUT2D eigenvalue weighted by Crippen LogP contribution is -2.55. The molecule has 42 heavy (non-hydrogen) atoms. The molecule has 3 unspecified atom stereocenters. The number of carbonyl (C=O) groups excluding carboxylic acids is 4. The van der Waals surface area contributed by atoms with Crippen molar-refractivity contribution in [3.8, 4) is 12.3 Å². The van der Waals surface area contributed by atoms with Gasteiger partial charge in [0, 0.05) is 18.7 Å². The van der Waals surface area contributed by atoms with Gasteiger partial charge in [0.15, 0.2) is 0 Å². The van der Waals surface area contributed by atoms with Crippen LogP contribution in [0.15, 0.2) is 24.3 Å². The number of hydrogen-bond donors (Lipinski definition) is 2. The fourth-order valence-electron chi connectivity index (χ4n) is 4.48. The van der Waals surface area contributed by atoms with Crippen molar-refractivity contribution in [3.63, 3.8) is 0 Å². The van der Waals surface area contributed by atoms with E-state index in [1.807, 2.05) is 13.8 Å². The maximum Gasteiger partial charge on any atom is 0.408 e. The first-order chi connectivity index (χ1) is 19.9. The van der Waals surface area contributed by atoms with Gasteiger partial charge in [-0.05, 0) is 51.7 Å². The van der Waals surface area contributed by atoms with Crippen molar-refractivity contribution in [3.05, 3.63) is 35.4 Å². The van der Waals surface area contributed by atoms with E-state index in [0.717, 1.165) is 25.7 Å². The molecule has 2 N–H and O–H groups in total. The number of rotatable bonds is 17. The largest absolute Gasteiger partial charge is 0.466 e. The second-order valence-electron chi connectivity index (χ2n) is 11.4. The van der Waals surface area contributed by atoms with Gasteiger partial charge in [0.2, 0.25) is 11.8 Å². The number of terminal acetylenes is 1. The summed E-state index contributed by atoms with van der Waals surface area (Å²) in [5.41, 5.74) is 0.224. The van der Waals surface area contributed by atoms with Crippen molar-refractivity contribution in [2.45, 2.75) is 111 Å². The van der Waals surface area contributed by atoms with Crippen molar-refractivity contribution >= 4 is 23.9 Å². The molecule has 9 nitrogen and oxygen atoms in total. The van der Waals surface area contributed by atoms with Gasteiger partial charge in [0.05, 0.1) is 13.0 Å². The van der Waals surface area contributed by atoms with Crippen LogP contribution in [0.4, 0.5) is 4.79 Å². The van der Waals surface area contributed by atoms with Crippen LogP contribution >= 0.6 is 0 Å². The Bertz CT molecular complexity index is 1060. The van der Waals surface area contributed by atoms with E-state index in [1.54, 1.807) is 52.0 Å². The van der Waals surface area contributed by atoms with Crippen molar-refractivity contribution in [2.24, 2.45) is 5.92 Å². The predicted octanol–water partition coefficient (Wildman–Crippen LogP) is 5.52. The van der Waals surface area contributed by atoms with E-state index in [4.69, 9.17) is 15.9 Å². The van der Waals surface area contributed by atoms with Crippen molar-refractivity contribution in [1.82, 2.24) is 15.5 Å². The average Bonchev–Trinajstić information content (AvgIpc) is 2.93. The minimum absolute atomic E-state index is 0.0102. The number of esters is 1. The van der Waals surface area contributed by atoms with Gasteiger partial charge in [-0.15, -0.1) is 6.42 Å². The van der Waals surface area contributed by atoms with Crippen LogP contribution in [0.3, 0.4) is 0 Å². The van der Waals surface area contributed by atoms with Gasteiger partial charge in [-0.25, -0.2) is 4.79 Å². The minimum atomic E-state index is -1.08. The first kappa shape index (κ1) is 36.5. The summed E-state index contributed by atoms with van der Waals surface area (Å²) >= 11 is 0. The van der Waals surface area contributed by atoms with Crippen LogP contribution in [-0.2, 0) is 23.9 Å². The van der Waals surface area contributed by atoms with Crippen LogP contribution in [0.2, 0.25) is 0 Å². The summed E-state index contributed by atoms with van der Waals surface area (Å²) in [6.07, 6.45) is 10.4. The number of hydrogen-bond acceptors (Lipinski definition) is 6. The Labute approximate surface area is 252 Å². The maximum atomic E-state index is 14.4. The monoisotopic (exact) mass is 585 g/mol. The first-order valence-electron chi connectivity index (χ1n) is 15.2. The molecule has 9 heteroatoms. The number of benzene rings is 1. The molecule has 0 fully saturated rings. The average molecular weight is 586 g/mol. The highest BCUT2D eigenvalue weighted by atomic mass is 16.6. The molecular formula is C33H51N3O6. The Morgan fingerprint density at radius 3 is 2.29 bits per heavy atom. The van der Waals surface area contributed by atoms with E-state index < -0.39 is 41.6 Å². The Morgan fingerprint density at radius 2 is 1.69 bits per heavy atom. The van der Waals surface area contributed by atoms with E-state index in [-0.39, 0.29) is 32.0 Å². The minimum Gasteiger partial charge on any atom is -0.466 e. The van der Waals surface area contributed by atoms with Gasteiger partial charge in [0.25, 0.3) is 0 Å². The molecule has 0 aromatic heterocycles. The van der Waals surface area contributed by atoms with Gasteiger partial charge < -0.3 is 25.0 Å². The lowest BCUT2D eigenvalue weighted by Gasteiger charge is -2.36. The quantitative estimate of drug-likeness (QED) is 0.141. The van der Waals surface area contributed by atoms with Crippen LogP contribution < -0.4 is 10.6 Å². The first-order valence-corrected chi connectivity index (χ1v) is 15.2. The predicted molar refractivity (Wildman–Crippen MR) is 164 cm³/mol. The molecule has 0 bridgehead atoms. The summed E-state index contributed by atoms with van der Waals surface area (Å²) in [5.74, 6) is 1.09. The van der Waals surface area contributed by atoms with Crippen molar-refractivity contribution in [1.29, 1.82) is 0 Å². The SMILES string of the molecule is C#Cc1ccccc1C(C(=O)NCCC(=O)OCC)N(CCCCCCC)C(=O)C(NC(=O)OC(C)(C)C)C(C)CC. The van der Waals surface area contributed by atoms with Gasteiger partial charge in [0.1, 0.15) is 17.7 Å². The molecule has 1 aromatic rings. The summed E-state index contributed by atoms with van der Waals surface area (Å²) in [6.45, 7) is 13.5. The van der Waals surface area contributed by atoms with Crippen LogP contribution in [0, 0.1) is 18.3 Å². The zero-order valence-corrected chi connectivity index (χ0v) is 26.6. The van der Waals surface area contributed by atoms with Gasteiger partial charge in [-0.1, -0.05) is 77.0 Å². The highest BCUT2D eigenvalue weighted by Gasteiger charge is 2.38. The van der Waals surface area contributed by atoms with E-state index >= 15 is 0 Å². The summed E-state index contributed by atoms with van der Waals surface area (Å²) in [6, 6.07) is 4.99. The van der Waals surface area contributed by atoms with Crippen molar-refractivity contribution in [2.75, 3.05) is 19.7 Å². The molecule has 1 rings (SSSR count). The topological polar surface area (TPSA) is 114 Å². The molecule has 0 aliphatic heterocycles. The summed E-state index contributed by atoms with van der Waals surface area (Å²) in [4.78, 5) is 54.5. The third-order valence-corrected chi connectivity index (χ3v) is 6.84. The Balaban J connectivity index is 3.55. The van der Waals surface area contributed by atoms with Crippen molar-refractivity contribution < 1.29 is 28.7 Å². The molecule has 1 aromatic carbocycles. The number of nitrogens with one attached hydrogen (secondary N) is 2. The lowest BCUT2D eigenvalue weighted by atomic mass is 9.94. The zero-order chi connectivity index (χ0) is 31.7. The van der Waals surface area contributed by atoms with Crippen LogP contribution in [0.1, 0.15) is 111 Å². The van der Waals surface area contributed by atoms with E-state index in [2.05, 4.69) is 23.5 Å². The molecule has 0 radical (unpaired) electrons. The molecule has 0 saturated carbocycles. The number of nitrogens with zero attached hydrogens (tertiary/aromatic N) is 1. The highest BCUT2D eigenvalue weighted by Crippen LogP contribution is 2.28. The number of amides is 3. The Morgan fingerprint density at radius 1 is 1.02 bits per heavy atom. The van der Waals surface area contributed by atoms with Crippen LogP contribution in [-0.4, -0.2) is 60.1 Å². The number of ether oxygens (including phenoxy) is 2. The molecule has 0 aliphatic carbocycles. The maximum absolute atomic E-state index is 14.4. The normalized spacial score (nSPS) is 13.2. The zero-order valence-electron chi connectivity index (χ0n) is 26.6. The summed E-state index contributed by atoms with van der Waals surface area (Å²) < 4.78 is 10.5. The molecule has 3 amide bonds. The fraction of sp³-hybridized carbons (Fsp3) is 0.636. The smallest absolute Gasteiger partial charge is 0.408 e. The standard InChI is InChI=1S/C33H51N3O6/c1-9-13-14-15-18-23-36(31(39)28(24(5)10-2)35-32(40)42-33(6,7)8)29(26-20-17-16-19-25(26)11-3)30(38)34-22-21-27(37)41-12-4/h3,16-17,19-20,24,28-29H,9-10,12-15,18,21-23H2,1-2,4-8H3,(H,34,38)(H,35,40). The lowest BCUT2D eigenvalue weighted by molar-refractivity contribution is -0.145. The Hall–Kier alpha value is -3.54. The fourth-order valence-corrected chi connectivity index (χ4v) is 4.48. The number of alkyl carbamates (subject to hydrolysis) is 1. The Kier molecular flexibility index (Phi) is 16.3. The molecule has 234 valence electrons. The van der Waals surface area contributed by atoms with E-state index in [0.29, 0.717) is 24.0 Å². The highest BCUT2D eigenvalue weighted by molar-refractivity contribution is 5.92. The van der Waals surface area contributed by atoms with Crippen LogP contribution in [0.25, 0.3) is 0 Å². The van der Waals surface area contributed by atoms with Crippen LogP contribution in [0.5, 0.6) is 0 Å². The van der Waals surface area contributed by atoms with E-state index in [1.165, 1.54) is 4.90 Å². The molecule has 0 heterocycles. The molecular weight excluding hydrogens is 534 g/mol. The van der Waals surface area contributed by atoms with Gasteiger partial charge in [-0.3, -0.25) is 14.4 Å². The van der Waals surface area contributed by atoms with Gasteiger partial charge >= 0.3 is 12.1 Å². The number of carbonyl (C=O) groups is 4. The molecule has 3 atom stereocenters. The summed E-state index contributed by atoms with van der Waals surface area (Å²) in [7, 11) is 0. The number of unbranched alkanes of at least 4 members (excludes halogenated alkanes) is 4. The molecule has 0 spiro atoms.